The molecular formula is C18H15N3O5. The fourth-order valence-corrected chi connectivity index (χ4v) is 2.70. The molecule has 0 atom stereocenters. The summed E-state index contributed by atoms with van der Waals surface area (Å²) in [6.07, 6.45) is -1.21. The fraction of sp³-hybridized carbons (Fsp3) is 0.0556. The highest BCUT2D eigenvalue weighted by molar-refractivity contribution is 5.97. The van der Waals surface area contributed by atoms with Crippen molar-refractivity contribution in [3.05, 3.63) is 64.7 Å². The van der Waals surface area contributed by atoms with Gasteiger partial charge in [0.25, 0.3) is 5.69 Å². The largest absolute Gasteiger partial charge is 0.494 e. The minimum Gasteiger partial charge on any atom is -0.494 e. The first-order chi connectivity index (χ1) is 12.5. The fourth-order valence-electron chi connectivity index (χ4n) is 2.70. The van der Waals surface area contributed by atoms with Gasteiger partial charge in [-0.3, -0.25) is 15.4 Å². The van der Waals surface area contributed by atoms with Crippen LogP contribution in [0.25, 0.3) is 10.8 Å². The second-order valence-corrected chi connectivity index (χ2v) is 5.41. The maximum atomic E-state index is 11.6. The van der Waals surface area contributed by atoms with Gasteiger partial charge in [0.1, 0.15) is 11.4 Å². The monoisotopic (exact) mass is 353 g/mol. The molecule has 8 heteroatoms. The third-order valence-corrected chi connectivity index (χ3v) is 3.81. The predicted octanol–water partition coefficient (Wildman–Crippen LogP) is 4.59. The number of benzene rings is 3. The summed E-state index contributed by atoms with van der Waals surface area (Å²) in [5.74, 6) is 0.292. The Morgan fingerprint density at radius 1 is 1.12 bits per heavy atom. The molecule has 3 N–H and O–H groups in total. The maximum Gasteiger partial charge on any atom is 0.409 e. The van der Waals surface area contributed by atoms with E-state index in [2.05, 4.69) is 10.6 Å². The zero-order chi connectivity index (χ0) is 18.7. The molecule has 3 aromatic carbocycles. The standard InChI is InChI=1S/C18H15N3O5/c1-26-16-10-12(7-9-14(16)20-18(22)23)19-15-8-6-11-4-2-3-5-13(11)17(15)21(24)25/h2-10,19-20H,1H3,(H,22,23). The number of nitrogens with zero attached hydrogens (tertiary/aromatic N) is 1. The SMILES string of the molecule is COc1cc(Nc2ccc3ccccc3c2[N+](=O)[O-])ccc1NC(=O)O. The van der Waals surface area contributed by atoms with Gasteiger partial charge >= 0.3 is 6.09 Å². The first-order valence-corrected chi connectivity index (χ1v) is 7.60. The van der Waals surface area contributed by atoms with Crippen LogP contribution in [0.3, 0.4) is 0 Å². The van der Waals surface area contributed by atoms with Gasteiger partial charge < -0.3 is 15.2 Å². The van der Waals surface area contributed by atoms with E-state index in [4.69, 9.17) is 9.84 Å². The number of nitro benzene ring substituents is 1. The molecule has 0 unspecified atom stereocenters. The summed E-state index contributed by atoms with van der Waals surface area (Å²) < 4.78 is 5.17. The van der Waals surface area contributed by atoms with E-state index >= 15 is 0 Å². The second-order valence-electron chi connectivity index (χ2n) is 5.41. The summed E-state index contributed by atoms with van der Waals surface area (Å²) in [4.78, 5) is 22.0. The number of carbonyl (C=O) groups is 1. The van der Waals surface area contributed by atoms with Crippen molar-refractivity contribution in [2.75, 3.05) is 17.7 Å². The number of amides is 1. The van der Waals surface area contributed by atoms with Crippen LogP contribution in [0, 0.1) is 10.1 Å². The van der Waals surface area contributed by atoms with Crippen LogP contribution in [0.2, 0.25) is 0 Å². The van der Waals surface area contributed by atoms with E-state index in [9.17, 15) is 14.9 Å². The first kappa shape index (κ1) is 17.0. The number of methoxy groups -OCH3 is 1. The van der Waals surface area contributed by atoms with Gasteiger partial charge in [0.15, 0.2) is 0 Å². The molecule has 0 spiro atoms. The van der Waals surface area contributed by atoms with Crippen LogP contribution in [0.1, 0.15) is 0 Å². The molecule has 0 fully saturated rings. The Labute approximate surface area is 148 Å². The van der Waals surface area contributed by atoms with E-state index in [-0.39, 0.29) is 11.4 Å². The van der Waals surface area contributed by atoms with Gasteiger partial charge in [0, 0.05) is 11.8 Å². The number of anilines is 3. The van der Waals surface area contributed by atoms with Gasteiger partial charge in [-0.25, -0.2) is 4.79 Å². The van der Waals surface area contributed by atoms with Gasteiger partial charge in [-0.1, -0.05) is 24.3 Å². The van der Waals surface area contributed by atoms with Crippen LogP contribution in [-0.4, -0.2) is 23.2 Å². The number of nitro groups is 1. The van der Waals surface area contributed by atoms with Crippen molar-refractivity contribution in [3.8, 4) is 5.75 Å². The Morgan fingerprint density at radius 2 is 1.85 bits per heavy atom. The Hall–Kier alpha value is -3.81. The summed E-state index contributed by atoms with van der Waals surface area (Å²) >= 11 is 0. The molecule has 8 nitrogen and oxygen atoms in total. The quantitative estimate of drug-likeness (QED) is 0.456. The average molecular weight is 353 g/mol. The molecule has 0 aliphatic carbocycles. The van der Waals surface area contributed by atoms with Crippen LogP contribution < -0.4 is 15.4 Å². The molecule has 0 aliphatic heterocycles. The van der Waals surface area contributed by atoms with E-state index in [1.54, 1.807) is 36.4 Å². The Bertz CT molecular complexity index is 1000. The van der Waals surface area contributed by atoms with Crippen molar-refractivity contribution in [1.29, 1.82) is 0 Å². The normalized spacial score (nSPS) is 10.3. The van der Waals surface area contributed by atoms with E-state index < -0.39 is 11.0 Å². The van der Waals surface area contributed by atoms with Crippen molar-refractivity contribution in [2.45, 2.75) is 0 Å². The third-order valence-electron chi connectivity index (χ3n) is 3.81. The summed E-state index contributed by atoms with van der Waals surface area (Å²) in [7, 11) is 1.41. The van der Waals surface area contributed by atoms with Gasteiger partial charge in [0.05, 0.1) is 23.1 Å². The molecule has 0 saturated carbocycles. The topological polar surface area (TPSA) is 114 Å². The van der Waals surface area contributed by atoms with Crippen molar-refractivity contribution in [3.63, 3.8) is 0 Å². The minimum atomic E-state index is -1.21. The Kier molecular flexibility index (Phi) is 4.57. The number of rotatable bonds is 5. The van der Waals surface area contributed by atoms with Crippen molar-refractivity contribution in [2.24, 2.45) is 0 Å². The highest BCUT2D eigenvalue weighted by atomic mass is 16.6. The zero-order valence-corrected chi connectivity index (χ0v) is 13.7. The summed E-state index contributed by atoms with van der Waals surface area (Å²) in [5, 5.41) is 26.9. The molecular weight excluding hydrogens is 338 g/mol. The lowest BCUT2D eigenvalue weighted by Gasteiger charge is -2.13. The molecule has 0 radical (unpaired) electrons. The van der Waals surface area contributed by atoms with Gasteiger partial charge in [-0.2, -0.15) is 0 Å². The molecule has 1 amide bonds. The van der Waals surface area contributed by atoms with E-state index in [1.807, 2.05) is 12.1 Å². The summed E-state index contributed by atoms with van der Waals surface area (Å²) in [6, 6.07) is 15.2. The lowest BCUT2D eigenvalue weighted by Crippen LogP contribution is -2.08. The molecule has 0 heterocycles. The van der Waals surface area contributed by atoms with Crippen LogP contribution >= 0.6 is 0 Å². The van der Waals surface area contributed by atoms with Gasteiger partial charge in [-0.05, 0) is 29.7 Å². The minimum absolute atomic E-state index is 0.0326. The number of nitrogens with one attached hydrogen (secondary N) is 2. The van der Waals surface area contributed by atoms with E-state index in [0.717, 1.165) is 5.39 Å². The number of hydrogen-bond acceptors (Lipinski definition) is 5. The highest BCUT2D eigenvalue weighted by Crippen LogP contribution is 2.36. The number of fused-ring (bicyclic) bond motifs is 1. The Morgan fingerprint density at radius 3 is 2.54 bits per heavy atom. The molecule has 3 aromatic rings. The van der Waals surface area contributed by atoms with Gasteiger partial charge in [0.2, 0.25) is 0 Å². The third kappa shape index (κ3) is 3.34. The zero-order valence-electron chi connectivity index (χ0n) is 13.7. The maximum absolute atomic E-state index is 11.6. The molecule has 0 saturated heterocycles. The molecule has 0 aliphatic rings. The van der Waals surface area contributed by atoms with Crippen LogP contribution in [0.4, 0.5) is 27.5 Å². The van der Waals surface area contributed by atoms with E-state index in [0.29, 0.717) is 22.5 Å². The molecule has 26 heavy (non-hydrogen) atoms. The van der Waals surface area contributed by atoms with Crippen LogP contribution in [0.15, 0.2) is 54.6 Å². The highest BCUT2D eigenvalue weighted by Gasteiger charge is 2.19. The molecule has 0 aromatic heterocycles. The van der Waals surface area contributed by atoms with Crippen molar-refractivity contribution < 1.29 is 19.6 Å². The van der Waals surface area contributed by atoms with Crippen LogP contribution in [0.5, 0.6) is 5.75 Å². The number of carboxylic acid groups (broad SMARTS) is 1. The lowest BCUT2D eigenvalue weighted by atomic mass is 10.1. The predicted molar refractivity (Wildman–Crippen MR) is 98.5 cm³/mol. The lowest BCUT2D eigenvalue weighted by molar-refractivity contribution is -0.382. The average Bonchev–Trinajstić information content (AvgIpc) is 2.62. The van der Waals surface area contributed by atoms with Crippen LogP contribution in [-0.2, 0) is 0 Å². The van der Waals surface area contributed by atoms with Crippen molar-refractivity contribution >= 4 is 39.6 Å². The summed E-state index contributed by atoms with van der Waals surface area (Å²) in [5.41, 5.74) is 1.10. The van der Waals surface area contributed by atoms with Crippen molar-refractivity contribution in [1.82, 2.24) is 0 Å². The number of ether oxygens (including phenoxy) is 1. The Balaban J connectivity index is 2.02. The second kappa shape index (κ2) is 6.98. The van der Waals surface area contributed by atoms with E-state index in [1.165, 1.54) is 13.2 Å². The molecule has 3 rings (SSSR count). The smallest absolute Gasteiger partial charge is 0.409 e. The first-order valence-electron chi connectivity index (χ1n) is 7.60. The molecule has 0 bridgehead atoms. The molecule has 132 valence electrons. The van der Waals surface area contributed by atoms with Gasteiger partial charge in [-0.15, -0.1) is 0 Å². The summed E-state index contributed by atoms with van der Waals surface area (Å²) in [6.45, 7) is 0. The number of hydrogen-bond donors (Lipinski definition) is 3.